The molecule has 0 aliphatic rings. The van der Waals surface area contributed by atoms with Gasteiger partial charge >= 0.3 is 5.97 Å². The monoisotopic (exact) mass is 334 g/mol. The molecule has 0 aliphatic carbocycles. The molecule has 7 heteroatoms. The van der Waals surface area contributed by atoms with Crippen LogP contribution in [-0.4, -0.2) is 38.2 Å². The van der Waals surface area contributed by atoms with Crippen molar-refractivity contribution in [2.75, 3.05) is 20.8 Å². The second-order valence-corrected chi connectivity index (χ2v) is 5.63. The quantitative estimate of drug-likeness (QED) is 0.765. The van der Waals surface area contributed by atoms with Gasteiger partial charge in [0.1, 0.15) is 22.6 Å². The molecule has 1 rings (SSSR count). The largest absolute Gasteiger partial charge is 0.496 e. The van der Waals surface area contributed by atoms with Crippen LogP contribution in [0.3, 0.4) is 0 Å². The first-order valence-electron chi connectivity index (χ1n) is 7.39. The summed E-state index contributed by atoms with van der Waals surface area (Å²) in [5, 5.41) is 11.8. The van der Waals surface area contributed by atoms with E-state index < -0.39 is 24.0 Å². The Morgan fingerprint density at radius 3 is 2.21 bits per heavy atom. The van der Waals surface area contributed by atoms with Crippen molar-refractivity contribution in [3.05, 3.63) is 23.8 Å². The maximum atomic E-state index is 12.3. The fraction of sp³-hybridized carbons (Fsp3) is 0.471. The molecule has 24 heavy (non-hydrogen) atoms. The Bertz CT molecular complexity index is 629. The first-order chi connectivity index (χ1) is 11.3. The molecule has 130 valence electrons. The fourth-order valence-electron chi connectivity index (χ4n) is 1.88. The number of hydrogen-bond acceptors (Lipinski definition) is 6. The number of methoxy groups -OCH3 is 2. The minimum absolute atomic E-state index is 0.0993. The lowest BCUT2D eigenvalue weighted by molar-refractivity contribution is -0.125. The van der Waals surface area contributed by atoms with Crippen LogP contribution in [0.15, 0.2) is 18.2 Å². The number of benzene rings is 1. The summed E-state index contributed by atoms with van der Waals surface area (Å²) < 4.78 is 15.3. The van der Waals surface area contributed by atoms with Crippen LogP contribution in [-0.2, 0) is 9.53 Å². The molecule has 0 saturated heterocycles. The predicted octanol–water partition coefficient (Wildman–Crippen LogP) is 1.92. The number of hydrogen-bond donors (Lipinski definition) is 1. The third-order valence-electron chi connectivity index (χ3n) is 3.75. The number of carbonyl (C=O) groups is 2. The van der Waals surface area contributed by atoms with E-state index >= 15 is 0 Å². The van der Waals surface area contributed by atoms with Crippen LogP contribution in [0.4, 0.5) is 0 Å². The van der Waals surface area contributed by atoms with E-state index in [0.717, 1.165) is 0 Å². The first-order valence-corrected chi connectivity index (χ1v) is 7.39. The first kappa shape index (κ1) is 19.3. The zero-order chi connectivity index (χ0) is 18.3. The van der Waals surface area contributed by atoms with Crippen LogP contribution >= 0.6 is 0 Å². The van der Waals surface area contributed by atoms with Gasteiger partial charge in [-0.3, -0.25) is 4.79 Å². The van der Waals surface area contributed by atoms with Crippen molar-refractivity contribution < 1.29 is 23.8 Å². The molecular formula is C17H22N2O5. The molecule has 1 atom stereocenters. The third-order valence-corrected chi connectivity index (χ3v) is 3.75. The number of nitriles is 1. The molecule has 0 bridgehead atoms. The molecule has 1 aromatic rings. The van der Waals surface area contributed by atoms with E-state index in [0.29, 0.717) is 0 Å². The summed E-state index contributed by atoms with van der Waals surface area (Å²) >= 11 is 0. The van der Waals surface area contributed by atoms with Gasteiger partial charge in [-0.25, -0.2) is 4.79 Å². The van der Waals surface area contributed by atoms with Gasteiger partial charge in [0.05, 0.1) is 20.3 Å². The summed E-state index contributed by atoms with van der Waals surface area (Å²) in [5.41, 5.74) is -0.937. The fourth-order valence-corrected chi connectivity index (χ4v) is 1.88. The molecule has 1 amide bonds. The Hall–Kier alpha value is -2.75. The molecule has 1 N–H and O–H groups in total. The maximum absolute atomic E-state index is 12.3. The summed E-state index contributed by atoms with van der Waals surface area (Å²) in [5.74, 6) is -0.846. The minimum Gasteiger partial charge on any atom is -0.496 e. The SMILES string of the molecule is COc1cccc(OC)c1C(=O)OCC(=O)NC(C)(C#N)C(C)C. The van der Waals surface area contributed by atoms with E-state index in [1.165, 1.54) is 14.2 Å². The average molecular weight is 334 g/mol. The summed E-state index contributed by atoms with van der Waals surface area (Å²) in [6, 6.07) is 6.90. The number of ether oxygens (including phenoxy) is 3. The zero-order valence-electron chi connectivity index (χ0n) is 14.5. The smallest absolute Gasteiger partial charge is 0.346 e. The van der Waals surface area contributed by atoms with Crippen molar-refractivity contribution in [2.45, 2.75) is 26.3 Å². The van der Waals surface area contributed by atoms with Crippen molar-refractivity contribution in [1.82, 2.24) is 5.32 Å². The lowest BCUT2D eigenvalue weighted by Crippen LogP contribution is -2.50. The van der Waals surface area contributed by atoms with Crippen LogP contribution in [0.1, 0.15) is 31.1 Å². The Kier molecular flexibility index (Phi) is 6.59. The molecule has 1 unspecified atom stereocenters. The van der Waals surface area contributed by atoms with Crippen molar-refractivity contribution in [1.29, 1.82) is 5.26 Å². The van der Waals surface area contributed by atoms with Crippen LogP contribution in [0.2, 0.25) is 0 Å². The van der Waals surface area contributed by atoms with Crippen LogP contribution in [0, 0.1) is 17.2 Å². The van der Waals surface area contributed by atoms with Gasteiger partial charge in [-0.1, -0.05) is 19.9 Å². The predicted molar refractivity (Wildman–Crippen MR) is 86.8 cm³/mol. The third kappa shape index (κ3) is 4.38. The van der Waals surface area contributed by atoms with Gasteiger partial charge in [-0.15, -0.1) is 0 Å². The molecular weight excluding hydrogens is 312 g/mol. The lowest BCUT2D eigenvalue weighted by Gasteiger charge is -2.27. The van der Waals surface area contributed by atoms with Gasteiger partial charge in [0.2, 0.25) is 0 Å². The van der Waals surface area contributed by atoms with Crippen molar-refractivity contribution in [3.8, 4) is 17.6 Å². The molecule has 1 aromatic carbocycles. The summed E-state index contributed by atoms with van der Waals surface area (Å²) in [7, 11) is 2.83. The number of esters is 1. The Balaban J connectivity index is 2.81. The van der Waals surface area contributed by atoms with Crippen LogP contribution in [0.25, 0.3) is 0 Å². The number of nitrogens with zero attached hydrogens (tertiary/aromatic N) is 1. The van der Waals surface area contributed by atoms with E-state index in [1.54, 1.807) is 25.1 Å². The highest BCUT2D eigenvalue weighted by Crippen LogP contribution is 2.28. The van der Waals surface area contributed by atoms with Crippen molar-refractivity contribution >= 4 is 11.9 Å². The van der Waals surface area contributed by atoms with Gasteiger partial charge in [0.15, 0.2) is 6.61 Å². The molecule has 7 nitrogen and oxygen atoms in total. The van der Waals surface area contributed by atoms with Gasteiger partial charge in [0.25, 0.3) is 5.91 Å². The van der Waals surface area contributed by atoms with Gasteiger partial charge in [0, 0.05) is 0 Å². The van der Waals surface area contributed by atoms with Crippen molar-refractivity contribution in [2.24, 2.45) is 5.92 Å². The molecule has 0 aliphatic heterocycles. The van der Waals surface area contributed by atoms with Gasteiger partial charge in [-0.2, -0.15) is 5.26 Å². The molecule has 0 aromatic heterocycles. The van der Waals surface area contributed by atoms with E-state index in [1.807, 2.05) is 13.8 Å². The maximum Gasteiger partial charge on any atom is 0.346 e. The molecule has 0 spiro atoms. The normalized spacial score (nSPS) is 12.7. The number of nitrogens with one attached hydrogen (secondary N) is 1. The molecule has 0 heterocycles. The van der Waals surface area contributed by atoms with Gasteiger partial charge < -0.3 is 19.5 Å². The topological polar surface area (TPSA) is 97.7 Å². The molecule has 0 radical (unpaired) electrons. The highest BCUT2D eigenvalue weighted by Gasteiger charge is 2.30. The van der Waals surface area contributed by atoms with E-state index in [9.17, 15) is 14.9 Å². The second-order valence-electron chi connectivity index (χ2n) is 5.63. The summed E-state index contributed by atoms with van der Waals surface area (Å²) in [6.45, 7) is 4.73. The number of carbonyl (C=O) groups excluding carboxylic acids is 2. The zero-order valence-corrected chi connectivity index (χ0v) is 14.5. The van der Waals surface area contributed by atoms with E-state index in [2.05, 4.69) is 11.4 Å². The highest BCUT2D eigenvalue weighted by molar-refractivity contribution is 5.96. The Labute approximate surface area is 141 Å². The van der Waals surface area contributed by atoms with Gasteiger partial charge in [-0.05, 0) is 25.0 Å². The summed E-state index contributed by atoms with van der Waals surface area (Å²) in [6.07, 6.45) is 0. The lowest BCUT2D eigenvalue weighted by atomic mass is 9.90. The molecule has 0 saturated carbocycles. The van der Waals surface area contributed by atoms with Crippen LogP contribution in [0.5, 0.6) is 11.5 Å². The van der Waals surface area contributed by atoms with Crippen LogP contribution < -0.4 is 14.8 Å². The molecule has 0 fully saturated rings. The van der Waals surface area contributed by atoms with E-state index in [-0.39, 0.29) is 23.0 Å². The highest BCUT2D eigenvalue weighted by atomic mass is 16.5. The van der Waals surface area contributed by atoms with Crippen molar-refractivity contribution in [3.63, 3.8) is 0 Å². The standard InChI is InChI=1S/C17H22N2O5/c1-11(2)17(3,10-18)19-14(20)9-24-16(21)15-12(22-4)7-6-8-13(15)23-5/h6-8,11H,9H2,1-5H3,(H,19,20). The second kappa shape index (κ2) is 8.20. The minimum atomic E-state index is -1.04. The van der Waals surface area contributed by atoms with E-state index in [4.69, 9.17) is 14.2 Å². The Morgan fingerprint density at radius 2 is 1.79 bits per heavy atom. The number of rotatable bonds is 7. The number of amides is 1. The average Bonchev–Trinajstić information content (AvgIpc) is 2.58. The summed E-state index contributed by atoms with van der Waals surface area (Å²) in [4.78, 5) is 24.2. The Morgan fingerprint density at radius 1 is 1.25 bits per heavy atom.